The van der Waals surface area contributed by atoms with E-state index < -0.39 is 5.97 Å². The minimum atomic E-state index is -0.457. The summed E-state index contributed by atoms with van der Waals surface area (Å²) in [5.41, 5.74) is 2.48. The van der Waals surface area contributed by atoms with E-state index in [4.69, 9.17) is 27.9 Å². The molecule has 6 nitrogen and oxygen atoms in total. The van der Waals surface area contributed by atoms with Crippen LogP contribution in [-0.4, -0.2) is 56.6 Å². The first-order valence-corrected chi connectivity index (χ1v) is 10.8. The number of piperazine rings is 1. The van der Waals surface area contributed by atoms with Gasteiger partial charge in [-0.3, -0.25) is 4.79 Å². The van der Waals surface area contributed by atoms with Crippen LogP contribution in [0.5, 0.6) is 0 Å². The van der Waals surface area contributed by atoms with Crippen LogP contribution in [0.1, 0.15) is 22.8 Å². The molecule has 2 aromatic carbocycles. The molecule has 1 N–H and O–H groups in total. The summed E-state index contributed by atoms with van der Waals surface area (Å²) in [5, 5.41) is 3.88. The standard InChI is InChI=1S/C23H25Cl2N3O3/c1-3-27-10-12-28(13-11-27)21-8-5-17(23(30)31-2)14-20(21)26-22(29)9-6-16-4-7-18(24)15-19(16)25/h4-9,14-15H,3,10-13H2,1-2H3,(H,26,29). The quantitative estimate of drug-likeness (QED) is 0.503. The normalized spacial score (nSPS) is 14.6. The van der Waals surface area contributed by atoms with Gasteiger partial charge in [-0.15, -0.1) is 0 Å². The molecule has 0 saturated carbocycles. The van der Waals surface area contributed by atoms with E-state index in [1.165, 1.54) is 13.2 Å². The van der Waals surface area contributed by atoms with Crippen molar-refractivity contribution in [3.63, 3.8) is 0 Å². The fraction of sp³-hybridized carbons (Fsp3) is 0.304. The smallest absolute Gasteiger partial charge is 0.337 e. The monoisotopic (exact) mass is 461 g/mol. The second-order valence-corrected chi connectivity index (χ2v) is 7.98. The molecule has 1 heterocycles. The van der Waals surface area contributed by atoms with Gasteiger partial charge in [-0.25, -0.2) is 4.79 Å². The Morgan fingerprint density at radius 3 is 2.48 bits per heavy atom. The highest BCUT2D eigenvalue weighted by molar-refractivity contribution is 6.35. The minimum absolute atomic E-state index is 0.332. The Morgan fingerprint density at radius 2 is 1.84 bits per heavy atom. The zero-order chi connectivity index (χ0) is 22.4. The summed E-state index contributed by atoms with van der Waals surface area (Å²) in [7, 11) is 1.33. The Kier molecular flexibility index (Phi) is 7.96. The summed E-state index contributed by atoms with van der Waals surface area (Å²) < 4.78 is 4.83. The van der Waals surface area contributed by atoms with Crippen molar-refractivity contribution in [2.24, 2.45) is 0 Å². The lowest BCUT2D eigenvalue weighted by molar-refractivity contribution is -0.111. The molecule has 1 fully saturated rings. The Bertz CT molecular complexity index is 986. The van der Waals surface area contributed by atoms with Crippen molar-refractivity contribution < 1.29 is 14.3 Å². The molecular weight excluding hydrogens is 437 g/mol. The van der Waals surface area contributed by atoms with Crippen LogP contribution in [0, 0.1) is 0 Å². The molecule has 0 bridgehead atoms. The second kappa shape index (κ2) is 10.7. The first kappa shape index (κ1) is 23.1. The fourth-order valence-electron chi connectivity index (χ4n) is 3.44. The van der Waals surface area contributed by atoms with Crippen LogP contribution in [-0.2, 0) is 9.53 Å². The number of halogens is 2. The molecule has 1 amide bonds. The molecule has 2 aromatic rings. The molecule has 0 atom stereocenters. The number of hydrogen-bond donors (Lipinski definition) is 1. The third kappa shape index (κ3) is 6.00. The van der Waals surface area contributed by atoms with E-state index in [-0.39, 0.29) is 5.91 Å². The van der Waals surface area contributed by atoms with Crippen LogP contribution in [0.2, 0.25) is 10.0 Å². The van der Waals surface area contributed by atoms with Crippen molar-refractivity contribution in [2.75, 3.05) is 50.1 Å². The summed E-state index contributed by atoms with van der Waals surface area (Å²) in [6.45, 7) is 6.72. The number of carbonyl (C=O) groups is 2. The maximum Gasteiger partial charge on any atom is 0.337 e. The van der Waals surface area contributed by atoms with E-state index in [1.807, 2.05) is 6.07 Å². The van der Waals surface area contributed by atoms with Crippen LogP contribution in [0.15, 0.2) is 42.5 Å². The van der Waals surface area contributed by atoms with Crippen LogP contribution in [0.25, 0.3) is 6.08 Å². The molecule has 0 aromatic heterocycles. The average Bonchev–Trinajstić information content (AvgIpc) is 2.78. The molecule has 164 valence electrons. The number of ether oxygens (including phenoxy) is 1. The highest BCUT2D eigenvalue weighted by atomic mass is 35.5. The van der Waals surface area contributed by atoms with Gasteiger partial charge in [0, 0.05) is 42.3 Å². The second-order valence-electron chi connectivity index (χ2n) is 7.13. The maximum absolute atomic E-state index is 12.6. The van der Waals surface area contributed by atoms with Crippen LogP contribution >= 0.6 is 23.2 Å². The number of likely N-dealkylation sites (N-methyl/N-ethyl adjacent to an activating group) is 1. The molecule has 1 saturated heterocycles. The largest absolute Gasteiger partial charge is 0.465 e. The third-order valence-corrected chi connectivity index (χ3v) is 5.77. The summed E-state index contributed by atoms with van der Waals surface area (Å²) in [4.78, 5) is 29.2. The van der Waals surface area contributed by atoms with Gasteiger partial charge in [0.15, 0.2) is 0 Å². The van der Waals surface area contributed by atoms with Gasteiger partial charge in [0.25, 0.3) is 0 Å². The van der Waals surface area contributed by atoms with Crippen molar-refractivity contribution in [1.82, 2.24) is 4.90 Å². The SMILES string of the molecule is CCN1CCN(c2ccc(C(=O)OC)cc2NC(=O)C=Cc2ccc(Cl)cc2Cl)CC1. The van der Waals surface area contributed by atoms with Gasteiger partial charge in [0.2, 0.25) is 5.91 Å². The van der Waals surface area contributed by atoms with Crippen LogP contribution in [0.3, 0.4) is 0 Å². The Labute approximate surface area is 192 Å². The number of anilines is 2. The van der Waals surface area contributed by atoms with E-state index in [0.717, 1.165) is 38.4 Å². The van der Waals surface area contributed by atoms with Gasteiger partial charge in [-0.2, -0.15) is 0 Å². The highest BCUT2D eigenvalue weighted by Gasteiger charge is 2.20. The van der Waals surface area contributed by atoms with E-state index >= 15 is 0 Å². The van der Waals surface area contributed by atoms with E-state index in [1.54, 1.807) is 36.4 Å². The van der Waals surface area contributed by atoms with Gasteiger partial charge >= 0.3 is 5.97 Å². The average molecular weight is 462 g/mol. The Morgan fingerprint density at radius 1 is 1.10 bits per heavy atom. The molecule has 31 heavy (non-hydrogen) atoms. The Hall–Kier alpha value is -2.54. The predicted molar refractivity (Wildman–Crippen MR) is 126 cm³/mol. The summed E-state index contributed by atoms with van der Waals surface area (Å²) in [6, 6.07) is 10.3. The fourth-order valence-corrected chi connectivity index (χ4v) is 3.91. The van der Waals surface area contributed by atoms with Crippen LogP contribution < -0.4 is 10.2 Å². The van der Waals surface area contributed by atoms with Crippen molar-refractivity contribution in [3.05, 3.63) is 63.6 Å². The topological polar surface area (TPSA) is 61.9 Å². The molecule has 8 heteroatoms. The van der Waals surface area contributed by atoms with E-state index in [2.05, 4.69) is 22.0 Å². The number of rotatable bonds is 6. The predicted octanol–water partition coefficient (Wildman–Crippen LogP) is 4.57. The highest BCUT2D eigenvalue weighted by Crippen LogP contribution is 2.29. The lowest BCUT2D eigenvalue weighted by Gasteiger charge is -2.36. The van der Waals surface area contributed by atoms with Gasteiger partial charge < -0.3 is 19.9 Å². The number of nitrogens with one attached hydrogen (secondary N) is 1. The summed E-state index contributed by atoms with van der Waals surface area (Å²) in [6.07, 6.45) is 3.02. The summed E-state index contributed by atoms with van der Waals surface area (Å²) in [5.74, 6) is -0.789. The number of methoxy groups -OCH3 is 1. The molecule has 0 unspecified atom stereocenters. The van der Waals surface area contributed by atoms with Gasteiger partial charge in [0.1, 0.15) is 0 Å². The van der Waals surface area contributed by atoms with Crippen molar-refractivity contribution in [2.45, 2.75) is 6.92 Å². The van der Waals surface area contributed by atoms with Gasteiger partial charge in [-0.05, 0) is 48.5 Å². The van der Waals surface area contributed by atoms with E-state index in [0.29, 0.717) is 26.9 Å². The third-order valence-electron chi connectivity index (χ3n) is 5.21. The van der Waals surface area contributed by atoms with E-state index in [9.17, 15) is 9.59 Å². The number of esters is 1. The summed E-state index contributed by atoms with van der Waals surface area (Å²) >= 11 is 12.1. The lowest BCUT2D eigenvalue weighted by Crippen LogP contribution is -2.46. The molecule has 1 aliphatic heterocycles. The van der Waals surface area contributed by atoms with Crippen LogP contribution in [0.4, 0.5) is 11.4 Å². The molecular formula is C23H25Cl2N3O3. The van der Waals surface area contributed by atoms with Gasteiger partial charge in [-0.1, -0.05) is 36.2 Å². The maximum atomic E-state index is 12.6. The van der Waals surface area contributed by atoms with Crippen molar-refractivity contribution in [3.8, 4) is 0 Å². The van der Waals surface area contributed by atoms with Crippen molar-refractivity contribution >= 4 is 52.5 Å². The molecule has 0 radical (unpaired) electrons. The molecule has 0 aliphatic carbocycles. The molecule has 0 spiro atoms. The lowest BCUT2D eigenvalue weighted by atomic mass is 10.1. The molecule has 1 aliphatic rings. The van der Waals surface area contributed by atoms with Gasteiger partial charge in [0.05, 0.1) is 24.0 Å². The number of amides is 1. The zero-order valence-corrected chi connectivity index (χ0v) is 19.0. The van der Waals surface area contributed by atoms with Crippen molar-refractivity contribution in [1.29, 1.82) is 0 Å². The number of benzene rings is 2. The molecule has 3 rings (SSSR count). The number of hydrogen-bond acceptors (Lipinski definition) is 5. The first-order chi connectivity index (χ1) is 14.9. The zero-order valence-electron chi connectivity index (χ0n) is 17.5. The number of carbonyl (C=O) groups excluding carboxylic acids is 2. The Balaban J connectivity index is 1.82. The first-order valence-electron chi connectivity index (χ1n) is 10.0. The minimum Gasteiger partial charge on any atom is -0.465 e. The number of nitrogens with zero attached hydrogens (tertiary/aromatic N) is 2.